The van der Waals surface area contributed by atoms with Gasteiger partial charge in [-0.2, -0.15) is 0 Å². The highest BCUT2D eigenvalue weighted by atomic mass is 35.5. The number of carbonyl (C=O) groups excluding carboxylic acids is 2. The Morgan fingerprint density at radius 3 is 2.54 bits per heavy atom. The van der Waals surface area contributed by atoms with E-state index in [1.165, 1.54) is 18.1 Å². The monoisotopic (exact) mass is 490 g/mol. The van der Waals surface area contributed by atoms with E-state index in [-0.39, 0.29) is 34.3 Å². The number of anilines is 1. The lowest BCUT2D eigenvalue weighted by atomic mass is 9.98. The smallest absolute Gasteiger partial charge is 0.295 e. The number of hydrogen-bond acceptors (Lipinski definition) is 6. The number of ether oxygens (including phenoxy) is 2. The minimum Gasteiger partial charge on any atom is -0.497 e. The van der Waals surface area contributed by atoms with E-state index < -0.39 is 17.9 Å². The highest BCUT2D eigenvalue weighted by Gasteiger charge is 2.43. The average molecular weight is 491 g/mol. The zero-order valence-electron chi connectivity index (χ0n) is 18.5. The van der Waals surface area contributed by atoms with Gasteiger partial charge >= 0.3 is 0 Å². The van der Waals surface area contributed by atoms with Crippen molar-refractivity contribution >= 4 is 40.1 Å². The summed E-state index contributed by atoms with van der Waals surface area (Å²) in [7, 11) is 1.53. The van der Waals surface area contributed by atoms with E-state index in [4.69, 9.17) is 31.2 Å². The molecule has 1 aliphatic heterocycles. The van der Waals surface area contributed by atoms with Crippen LogP contribution in [-0.2, 0) is 4.79 Å². The molecule has 1 atom stereocenters. The summed E-state index contributed by atoms with van der Waals surface area (Å²) in [4.78, 5) is 39.8. The zero-order chi connectivity index (χ0) is 24.7. The number of primary amides is 1. The zero-order valence-corrected chi connectivity index (χ0v) is 19.2. The van der Waals surface area contributed by atoms with Gasteiger partial charge in [-0.05, 0) is 48.0 Å². The molecule has 2 amide bonds. The van der Waals surface area contributed by atoms with Crippen LogP contribution in [0.4, 0.5) is 5.69 Å². The van der Waals surface area contributed by atoms with E-state index >= 15 is 0 Å². The molecule has 8 nitrogen and oxygen atoms in total. The number of amides is 2. The first-order chi connectivity index (χ1) is 16.9. The Morgan fingerprint density at radius 2 is 1.83 bits per heavy atom. The SMILES string of the molecule is COc1cccc(N2C(=O)c3oc4ccc(Cl)cc4c(=O)c3C2c2ccc(OCC(N)=O)cc2)c1. The van der Waals surface area contributed by atoms with Crippen LogP contribution in [0.15, 0.2) is 75.9 Å². The Balaban J connectivity index is 1.70. The molecular weight excluding hydrogens is 472 g/mol. The summed E-state index contributed by atoms with van der Waals surface area (Å²) in [6.07, 6.45) is 0. The van der Waals surface area contributed by atoms with Crippen molar-refractivity contribution in [1.29, 1.82) is 0 Å². The van der Waals surface area contributed by atoms with E-state index in [1.807, 2.05) is 0 Å². The average Bonchev–Trinajstić information content (AvgIpc) is 3.16. The second-order valence-electron chi connectivity index (χ2n) is 7.92. The fourth-order valence-electron chi connectivity index (χ4n) is 4.19. The van der Waals surface area contributed by atoms with Crippen molar-refractivity contribution in [3.05, 3.63) is 98.9 Å². The molecule has 176 valence electrons. The quantitative estimate of drug-likeness (QED) is 0.436. The van der Waals surface area contributed by atoms with Crippen LogP contribution in [0.25, 0.3) is 11.0 Å². The van der Waals surface area contributed by atoms with Gasteiger partial charge < -0.3 is 19.6 Å². The predicted octanol–water partition coefficient (Wildman–Crippen LogP) is 4.07. The molecule has 5 rings (SSSR count). The Labute approximate surface area is 204 Å². The lowest BCUT2D eigenvalue weighted by Crippen LogP contribution is -2.29. The molecule has 0 saturated heterocycles. The van der Waals surface area contributed by atoms with E-state index in [9.17, 15) is 14.4 Å². The number of benzene rings is 3. The van der Waals surface area contributed by atoms with Gasteiger partial charge in [-0.1, -0.05) is 29.8 Å². The number of methoxy groups -OCH3 is 1. The number of fused-ring (bicyclic) bond motifs is 2. The van der Waals surface area contributed by atoms with E-state index in [0.717, 1.165) is 0 Å². The van der Waals surface area contributed by atoms with Crippen LogP contribution in [0.2, 0.25) is 5.02 Å². The van der Waals surface area contributed by atoms with Gasteiger partial charge in [0.2, 0.25) is 5.76 Å². The first-order valence-electron chi connectivity index (χ1n) is 10.6. The normalized spacial score (nSPS) is 14.7. The lowest BCUT2D eigenvalue weighted by molar-refractivity contribution is -0.119. The van der Waals surface area contributed by atoms with Crippen molar-refractivity contribution in [2.24, 2.45) is 5.73 Å². The molecule has 1 unspecified atom stereocenters. The third-order valence-corrected chi connectivity index (χ3v) is 5.98. The molecular formula is C26H19ClN2O6. The van der Waals surface area contributed by atoms with Gasteiger partial charge in [0.15, 0.2) is 12.0 Å². The Hall–Kier alpha value is -4.30. The number of rotatable bonds is 6. The van der Waals surface area contributed by atoms with E-state index in [1.54, 1.807) is 60.7 Å². The predicted molar refractivity (Wildman–Crippen MR) is 130 cm³/mol. The van der Waals surface area contributed by atoms with E-state index in [2.05, 4.69) is 0 Å². The molecule has 2 N–H and O–H groups in total. The van der Waals surface area contributed by atoms with Crippen LogP contribution in [0, 0.1) is 0 Å². The summed E-state index contributed by atoms with van der Waals surface area (Å²) in [5.41, 5.74) is 6.44. The second-order valence-corrected chi connectivity index (χ2v) is 8.35. The highest BCUT2D eigenvalue weighted by Crippen LogP contribution is 2.42. The maximum atomic E-state index is 13.6. The molecule has 35 heavy (non-hydrogen) atoms. The maximum Gasteiger partial charge on any atom is 0.295 e. The summed E-state index contributed by atoms with van der Waals surface area (Å²) >= 11 is 6.13. The maximum absolute atomic E-state index is 13.6. The molecule has 0 bridgehead atoms. The van der Waals surface area contributed by atoms with Crippen LogP contribution in [0.3, 0.4) is 0 Å². The van der Waals surface area contributed by atoms with Crippen LogP contribution in [0.1, 0.15) is 27.7 Å². The van der Waals surface area contributed by atoms with Crippen LogP contribution in [-0.4, -0.2) is 25.5 Å². The van der Waals surface area contributed by atoms with Crippen LogP contribution >= 0.6 is 11.6 Å². The molecule has 0 fully saturated rings. The van der Waals surface area contributed by atoms with Gasteiger partial charge in [0.1, 0.15) is 17.1 Å². The van der Waals surface area contributed by atoms with Gasteiger partial charge in [0, 0.05) is 16.8 Å². The van der Waals surface area contributed by atoms with Gasteiger partial charge in [-0.25, -0.2) is 0 Å². The lowest BCUT2D eigenvalue weighted by Gasteiger charge is -2.25. The van der Waals surface area contributed by atoms with E-state index in [0.29, 0.717) is 27.8 Å². The minimum absolute atomic E-state index is 0.0355. The Kier molecular flexibility index (Phi) is 5.66. The largest absolute Gasteiger partial charge is 0.497 e. The Morgan fingerprint density at radius 1 is 1.06 bits per heavy atom. The Bertz CT molecular complexity index is 1530. The van der Waals surface area contributed by atoms with Gasteiger partial charge in [0.25, 0.3) is 11.8 Å². The number of nitrogens with two attached hydrogens (primary N) is 1. The fraction of sp³-hybridized carbons (Fsp3) is 0.115. The third kappa shape index (κ3) is 3.98. The summed E-state index contributed by atoms with van der Waals surface area (Å²) in [5, 5.41) is 0.661. The highest BCUT2D eigenvalue weighted by molar-refractivity contribution is 6.31. The van der Waals surface area contributed by atoms with Crippen LogP contribution in [0.5, 0.6) is 11.5 Å². The molecule has 9 heteroatoms. The molecule has 0 radical (unpaired) electrons. The van der Waals surface area contributed by atoms with Gasteiger partial charge in [0.05, 0.1) is 24.1 Å². The van der Waals surface area contributed by atoms with Gasteiger partial charge in [-0.3, -0.25) is 19.3 Å². The third-order valence-electron chi connectivity index (χ3n) is 5.74. The number of nitrogens with zero attached hydrogens (tertiary/aromatic N) is 1. The van der Waals surface area contributed by atoms with Gasteiger partial charge in [-0.15, -0.1) is 0 Å². The molecule has 0 spiro atoms. The minimum atomic E-state index is -0.783. The van der Waals surface area contributed by atoms with Crippen molar-refractivity contribution in [2.75, 3.05) is 18.6 Å². The van der Waals surface area contributed by atoms with Crippen molar-refractivity contribution in [2.45, 2.75) is 6.04 Å². The number of hydrogen-bond donors (Lipinski definition) is 1. The van der Waals surface area contributed by atoms with Crippen molar-refractivity contribution in [3.63, 3.8) is 0 Å². The molecule has 4 aromatic rings. The first kappa shape index (κ1) is 22.5. The molecule has 1 aromatic heterocycles. The first-order valence-corrected chi connectivity index (χ1v) is 11.0. The van der Waals surface area contributed by atoms with Crippen LogP contribution < -0.4 is 25.5 Å². The summed E-state index contributed by atoms with van der Waals surface area (Å²) in [5.74, 6) is -0.122. The number of halogens is 1. The standard InChI is InChI=1S/C26H19ClN2O6/c1-33-18-4-2-3-16(12-18)29-23(14-5-8-17(9-6-14)34-13-21(28)30)22-24(31)19-11-15(27)7-10-20(19)35-25(22)26(29)32/h2-12,23H,13H2,1H3,(H2,28,30). The fourth-order valence-corrected chi connectivity index (χ4v) is 4.36. The van der Waals surface area contributed by atoms with Crippen molar-refractivity contribution in [3.8, 4) is 11.5 Å². The summed E-state index contributed by atoms with van der Waals surface area (Å²) < 4.78 is 16.6. The van der Waals surface area contributed by atoms with Crippen molar-refractivity contribution < 1.29 is 23.5 Å². The second kappa shape index (κ2) is 8.81. The summed E-state index contributed by atoms with van der Waals surface area (Å²) in [6, 6.07) is 17.6. The topological polar surface area (TPSA) is 112 Å². The molecule has 0 saturated carbocycles. The summed E-state index contributed by atoms with van der Waals surface area (Å²) in [6.45, 7) is -0.267. The van der Waals surface area contributed by atoms with Crippen molar-refractivity contribution in [1.82, 2.24) is 0 Å². The molecule has 3 aromatic carbocycles. The molecule has 1 aliphatic rings. The number of carbonyl (C=O) groups is 2. The molecule has 2 heterocycles. The molecule has 0 aliphatic carbocycles.